The number of methoxy groups -OCH3 is 1. The molecule has 0 bridgehead atoms. The van der Waals surface area contributed by atoms with E-state index in [0.717, 1.165) is 16.9 Å². The predicted octanol–water partition coefficient (Wildman–Crippen LogP) is 4.01. The van der Waals surface area contributed by atoms with E-state index in [1.165, 1.54) is 0 Å². The van der Waals surface area contributed by atoms with Gasteiger partial charge in [0, 0.05) is 0 Å². The van der Waals surface area contributed by atoms with Gasteiger partial charge in [-0.1, -0.05) is 55.5 Å². The van der Waals surface area contributed by atoms with Crippen LogP contribution in [0.5, 0.6) is 5.75 Å². The van der Waals surface area contributed by atoms with Crippen LogP contribution < -0.4 is 4.74 Å². The zero-order valence-electron chi connectivity index (χ0n) is 11.9. The second kappa shape index (κ2) is 6.40. The molecule has 0 amide bonds. The first-order chi connectivity index (χ1) is 9.68. The minimum Gasteiger partial charge on any atom is -0.497 e. The number of ether oxygens (including phenoxy) is 1. The molecule has 20 heavy (non-hydrogen) atoms. The molecule has 0 saturated carbocycles. The molecule has 0 aliphatic carbocycles. The molecule has 2 aromatic carbocycles. The minimum atomic E-state index is -0.956. The highest BCUT2D eigenvalue weighted by molar-refractivity contribution is 5.51. The average molecular weight is 268 g/mol. The molecule has 0 heterocycles. The number of rotatable bonds is 5. The molecule has 2 aromatic rings. The quantitative estimate of drug-likeness (QED) is 0.888. The number of aliphatic hydroxyl groups is 1. The Morgan fingerprint density at radius 2 is 1.70 bits per heavy atom. The molecule has 1 N–H and O–H groups in total. The second-order valence-electron chi connectivity index (χ2n) is 4.75. The molecule has 0 radical (unpaired) electrons. The van der Waals surface area contributed by atoms with Crippen molar-refractivity contribution in [2.75, 3.05) is 7.11 Å². The van der Waals surface area contributed by atoms with Gasteiger partial charge in [-0.15, -0.1) is 0 Å². The van der Waals surface area contributed by atoms with Gasteiger partial charge in [0.2, 0.25) is 0 Å². The van der Waals surface area contributed by atoms with E-state index in [4.69, 9.17) is 4.74 Å². The second-order valence-corrected chi connectivity index (χ2v) is 4.75. The van der Waals surface area contributed by atoms with Crippen molar-refractivity contribution in [2.24, 2.45) is 0 Å². The van der Waals surface area contributed by atoms with Crippen molar-refractivity contribution in [3.8, 4) is 5.75 Å². The maximum absolute atomic E-state index is 10.8. The maximum Gasteiger partial charge on any atom is 0.118 e. The average Bonchev–Trinajstić information content (AvgIpc) is 2.53. The van der Waals surface area contributed by atoms with E-state index >= 15 is 0 Å². The lowest BCUT2D eigenvalue weighted by Gasteiger charge is -2.23. The fourth-order valence-corrected chi connectivity index (χ4v) is 2.10. The third kappa shape index (κ3) is 3.28. The molecule has 2 nitrogen and oxygen atoms in total. The van der Waals surface area contributed by atoms with Crippen LogP contribution in [0.1, 0.15) is 24.5 Å². The van der Waals surface area contributed by atoms with Crippen LogP contribution in [0.3, 0.4) is 0 Å². The normalized spacial score (nSPS) is 14.2. The number of hydrogen-bond acceptors (Lipinski definition) is 2. The Kier molecular flexibility index (Phi) is 4.59. The number of benzene rings is 2. The van der Waals surface area contributed by atoms with Gasteiger partial charge in [-0.3, -0.25) is 0 Å². The van der Waals surface area contributed by atoms with E-state index in [1.807, 2.05) is 73.7 Å². The Bertz CT molecular complexity index is 558. The molecule has 0 aliphatic heterocycles. The van der Waals surface area contributed by atoms with Gasteiger partial charge in [-0.25, -0.2) is 0 Å². The van der Waals surface area contributed by atoms with Crippen molar-refractivity contribution in [2.45, 2.75) is 18.9 Å². The smallest absolute Gasteiger partial charge is 0.118 e. The van der Waals surface area contributed by atoms with E-state index in [-0.39, 0.29) is 0 Å². The van der Waals surface area contributed by atoms with Gasteiger partial charge in [0.05, 0.1) is 7.11 Å². The lowest BCUT2D eigenvalue weighted by atomic mass is 9.90. The van der Waals surface area contributed by atoms with Gasteiger partial charge >= 0.3 is 0 Å². The first-order valence-electron chi connectivity index (χ1n) is 6.79. The van der Waals surface area contributed by atoms with Crippen LogP contribution in [0.2, 0.25) is 0 Å². The molecule has 0 spiro atoms. The van der Waals surface area contributed by atoms with Crippen LogP contribution in [0.15, 0.2) is 60.7 Å². The van der Waals surface area contributed by atoms with E-state index in [9.17, 15) is 5.11 Å². The lowest BCUT2D eigenvalue weighted by molar-refractivity contribution is 0.0860. The van der Waals surface area contributed by atoms with Crippen molar-refractivity contribution < 1.29 is 9.84 Å². The molecule has 0 fully saturated rings. The molecule has 0 saturated heterocycles. The fourth-order valence-electron chi connectivity index (χ4n) is 2.10. The van der Waals surface area contributed by atoms with Crippen molar-refractivity contribution >= 4 is 6.08 Å². The first-order valence-corrected chi connectivity index (χ1v) is 6.79. The highest BCUT2D eigenvalue weighted by atomic mass is 16.5. The molecule has 1 unspecified atom stereocenters. The van der Waals surface area contributed by atoms with E-state index < -0.39 is 5.60 Å². The Morgan fingerprint density at radius 3 is 2.25 bits per heavy atom. The highest BCUT2D eigenvalue weighted by Gasteiger charge is 2.23. The molecule has 0 aromatic heterocycles. The fraction of sp³-hybridized carbons (Fsp3) is 0.222. The van der Waals surface area contributed by atoms with Gasteiger partial charge in [-0.2, -0.15) is 0 Å². The van der Waals surface area contributed by atoms with Gasteiger partial charge in [0.1, 0.15) is 11.4 Å². The van der Waals surface area contributed by atoms with Crippen molar-refractivity contribution in [3.63, 3.8) is 0 Å². The Morgan fingerprint density at radius 1 is 1.05 bits per heavy atom. The Hall–Kier alpha value is -2.06. The van der Waals surface area contributed by atoms with Crippen molar-refractivity contribution in [1.82, 2.24) is 0 Å². The maximum atomic E-state index is 10.8. The summed E-state index contributed by atoms with van der Waals surface area (Å²) in [7, 11) is 1.64. The lowest BCUT2D eigenvalue weighted by Crippen LogP contribution is -2.21. The van der Waals surface area contributed by atoms with Gasteiger partial charge in [0.15, 0.2) is 0 Å². The summed E-state index contributed by atoms with van der Waals surface area (Å²) in [6.45, 7) is 1.97. The molecule has 104 valence electrons. The zero-order chi connectivity index (χ0) is 14.4. The molecular weight excluding hydrogens is 248 g/mol. The topological polar surface area (TPSA) is 29.5 Å². The largest absolute Gasteiger partial charge is 0.497 e. The summed E-state index contributed by atoms with van der Waals surface area (Å²) in [5, 5.41) is 10.8. The third-order valence-corrected chi connectivity index (χ3v) is 3.48. The standard InChI is InChI=1S/C18H20O2/c1-3-18(19,14-13-15-7-5-4-6-8-15)16-9-11-17(20-2)12-10-16/h4-14,19H,3H2,1-2H3/b14-13+. The Labute approximate surface area is 120 Å². The van der Waals surface area contributed by atoms with Gasteiger partial charge < -0.3 is 9.84 Å². The van der Waals surface area contributed by atoms with E-state index in [2.05, 4.69) is 0 Å². The van der Waals surface area contributed by atoms with Crippen LogP contribution in [0.4, 0.5) is 0 Å². The summed E-state index contributed by atoms with van der Waals surface area (Å²) in [4.78, 5) is 0. The predicted molar refractivity (Wildman–Crippen MR) is 82.7 cm³/mol. The zero-order valence-corrected chi connectivity index (χ0v) is 11.9. The van der Waals surface area contributed by atoms with E-state index in [1.54, 1.807) is 7.11 Å². The SMILES string of the molecule is CCC(O)(/C=C/c1ccccc1)c1ccc(OC)cc1. The summed E-state index contributed by atoms with van der Waals surface area (Å²) in [6, 6.07) is 17.5. The van der Waals surface area contributed by atoms with Crippen LogP contribution in [-0.4, -0.2) is 12.2 Å². The number of hydrogen-bond donors (Lipinski definition) is 1. The van der Waals surface area contributed by atoms with E-state index in [0.29, 0.717) is 6.42 Å². The first kappa shape index (κ1) is 14.4. The van der Waals surface area contributed by atoms with Gasteiger partial charge in [-0.05, 0) is 35.8 Å². The van der Waals surface area contributed by atoms with Gasteiger partial charge in [0.25, 0.3) is 0 Å². The highest BCUT2D eigenvalue weighted by Crippen LogP contribution is 2.28. The Balaban J connectivity index is 2.26. The molecule has 2 rings (SSSR count). The third-order valence-electron chi connectivity index (χ3n) is 3.48. The molecule has 1 atom stereocenters. The summed E-state index contributed by atoms with van der Waals surface area (Å²) in [5.41, 5.74) is 0.989. The monoisotopic (exact) mass is 268 g/mol. The minimum absolute atomic E-state index is 0.614. The summed E-state index contributed by atoms with van der Waals surface area (Å²) >= 11 is 0. The summed E-state index contributed by atoms with van der Waals surface area (Å²) in [5.74, 6) is 0.791. The molecular formula is C18H20O2. The van der Waals surface area contributed by atoms with Crippen molar-refractivity contribution in [3.05, 3.63) is 71.8 Å². The summed E-state index contributed by atoms with van der Waals surface area (Å²) in [6.07, 6.45) is 4.42. The van der Waals surface area contributed by atoms with Crippen LogP contribution >= 0.6 is 0 Å². The summed E-state index contributed by atoms with van der Waals surface area (Å²) < 4.78 is 5.15. The molecule has 0 aliphatic rings. The van der Waals surface area contributed by atoms with Crippen LogP contribution in [0, 0.1) is 0 Å². The molecule has 2 heteroatoms. The van der Waals surface area contributed by atoms with Crippen LogP contribution in [0.25, 0.3) is 6.08 Å². The van der Waals surface area contributed by atoms with Crippen LogP contribution in [-0.2, 0) is 5.60 Å². The van der Waals surface area contributed by atoms with Crippen molar-refractivity contribution in [1.29, 1.82) is 0 Å².